The number of carbonyl (C=O) groups is 1. The summed E-state index contributed by atoms with van der Waals surface area (Å²) in [5.74, 6) is 1.38. The Labute approximate surface area is 200 Å². The summed E-state index contributed by atoms with van der Waals surface area (Å²) in [4.78, 5) is 16.4. The van der Waals surface area contributed by atoms with Gasteiger partial charge in [-0.05, 0) is 56.2 Å². The van der Waals surface area contributed by atoms with E-state index in [0.717, 1.165) is 30.2 Å². The Morgan fingerprint density at radius 3 is 2.63 bits per heavy atom. The quantitative estimate of drug-likeness (QED) is 0.254. The smallest absolute Gasteiger partial charge is 0.251 e. The molecular weight excluding hydrogens is 515 g/mol. The largest absolute Gasteiger partial charge is 0.489 e. The summed E-state index contributed by atoms with van der Waals surface area (Å²) in [6, 6.07) is 15.0. The minimum absolute atomic E-state index is 0. The third-order valence-corrected chi connectivity index (χ3v) is 4.34. The number of hydrogen-bond acceptors (Lipinski definition) is 3. The maximum atomic E-state index is 11.8. The number of nitrogens with one attached hydrogen (secondary N) is 3. The van der Waals surface area contributed by atoms with E-state index in [1.807, 2.05) is 56.3 Å². The number of carbonyl (C=O) groups excluding carboxylic acids is 1. The van der Waals surface area contributed by atoms with Gasteiger partial charge in [0.2, 0.25) is 0 Å². The van der Waals surface area contributed by atoms with Crippen molar-refractivity contribution >= 4 is 47.4 Å². The predicted octanol–water partition coefficient (Wildman–Crippen LogP) is 3.88. The Bertz CT molecular complexity index is 832. The lowest BCUT2D eigenvalue weighted by molar-refractivity contribution is 0.0963. The second kappa shape index (κ2) is 14.1. The van der Waals surface area contributed by atoms with Crippen LogP contribution < -0.4 is 20.7 Å². The SMILES string of the molecule is CCNC(=NCC(C)Oc1cccc(Cl)c1)NCCc1cccc(C(=O)NC)c1.I. The summed E-state index contributed by atoms with van der Waals surface area (Å²) in [7, 11) is 1.63. The summed E-state index contributed by atoms with van der Waals surface area (Å²) < 4.78 is 5.86. The average molecular weight is 545 g/mol. The van der Waals surface area contributed by atoms with Crippen LogP contribution in [0.2, 0.25) is 5.02 Å². The average Bonchev–Trinajstić information content (AvgIpc) is 2.71. The number of aliphatic imine (C=N–C) groups is 1. The van der Waals surface area contributed by atoms with E-state index in [1.165, 1.54) is 0 Å². The fraction of sp³-hybridized carbons (Fsp3) is 0.364. The molecule has 0 bridgehead atoms. The monoisotopic (exact) mass is 544 g/mol. The third kappa shape index (κ3) is 9.21. The van der Waals surface area contributed by atoms with E-state index in [2.05, 4.69) is 20.9 Å². The first-order chi connectivity index (χ1) is 14.0. The molecule has 0 aliphatic heterocycles. The van der Waals surface area contributed by atoms with Gasteiger partial charge >= 0.3 is 0 Å². The van der Waals surface area contributed by atoms with E-state index in [4.69, 9.17) is 16.3 Å². The zero-order chi connectivity index (χ0) is 21.1. The second-order valence-corrected chi connectivity index (χ2v) is 7.00. The van der Waals surface area contributed by atoms with Gasteiger partial charge in [-0.1, -0.05) is 29.8 Å². The summed E-state index contributed by atoms with van der Waals surface area (Å²) in [5, 5.41) is 9.85. The van der Waals surface area contributed by atoms with Crippen LogP contribution >= 0.6 is 35.6 Å². The Morgan fingerprint density at radius 2 is 1.93 bits per heavy atom. The summed E-state index contributed by atoms with van der Waals surface area (Å²) in [5.41, 5.74) is 1.75. The minimum atomic E-state index is -0.0897. The lowest BCUT2D eigenvalue weighted by Crippen LogP contribution is -2.39. The molecule has 0 saturated carbocycles. The van der Waals surface area contributed by atoms with E-state index >= 15 is 0 Å². The molecule has 0 aliphatic rings. The highest BCUT2D eigenvalue weighted by Gasteiger charge is 2.06. The van der Waals surface area contributed by atoms with Gasteiger partial charge in [0.1, 0.15) is 11.9 Å². The van der Waals surface area contributed by atoms with Crippen molar-refractivity contribution in [2.75, 3.05) is 26.7 Å². The van der Waals surface area contributed by atoms with Gasteiger partial charge in [0, 0.05) is 30.7 Å². The number of hydrogen-bond donors (Lipinski definition) is 3. The molecule has 0 fully saturated rings. The van der Waals surface area contributed by atoms with Crippen LogP contribution in [0.3, 0.4) is 0 Å². The van der Waals surface area contributed by atoms with Crippen molar-refractivity contribution < 1.29 is 9.53 Å². The van der Waals surface area contributed by atoms with Crippen molar-refractivity contribution in [1.29, 1.82) is 0 Å². The van der Waals surface area contributed by atoms with Crippen LogP contribution in [0.25, 0.3) is 0 Å². The van der Waals surface area contributed by atoms with E-state index in [1.54, 1.807) is 13.1 Å². The first-order valence-corrected chi connectivity index (χ1v) is 10.1. The molecule has 0 spiro atoms. The molecule has 3 N–H and O–H groups in total. The van der Waals surface area contributed by atoms with Gasteiger partial charge in [0.15, 0.2) is 5.96 Å². The highest BCUT2D eigenvalue weighted by atomic mass is 127. The van der Waals surface area contributed by atoms with Crippen LogP contribution in [0.5, 0.6) is 5.75 Å². The highest BCUT2D eigenvalue weighted by Crippen LogP contribution is 2.18. The first kappa shape index (κ1) is 26.0. The van der Waals surface area contributed by atoms with Crippen LogP contribution in [0.1, 0.15) is 29.8 Å². The number of benzene rings is 2. The van der Waals surface area contributed by atoms with Crippen LogP contribution in [0.15, 0.2) is 53.5 Å². The fourth-order valence-corrected chi connectivity index (χ4v) is 2.89. The molecule has 30 heavy (non-hydrogen) atoms. The molecule has 8 heteroatoms. The Hall–Kier alpha value is -2.00. The van der Waals surface area contributed by atoms with Gasteiger partial charge < -0.3 is 20.7 Å². The Morgan fingerprint density at radius 1 is 1.17 bits per heavy atom. The topological polar surface area (TPSA) is 74.8 Å². The van der Waals surface area contributed by atoms with E-state index in [9.17, 15) is 4.79 Å². The van der Waals surface area contributed by atoms with E-state index < -0.39 is 0 Å². The maximum absolute atomic E-state index is 11.8. The van der Waals surface area contributed by atoms with E-state index in [-0.39, 0.29) is 36.0 Å². The number of guanidine groups is 1. The van der Waals surface area contributed by atoms with Gasteiger partial charge in [-0.15, -0.1) is 24.0 Å². The van der Waals surface area contributed by atoms with Gasteiger partial charge in [-0.2, -0.15) is 0 Å². The number of amides is 1. The van der Waals surface area contributed by atoms with Gasteiger partial charge in [-0.3, -0.25) is 4.79 Å². The number of rotatable bonds is 9. The van der Waals surface area contributed by atoms with Crippen molar-refractivity contribution in [1.82, 2.24) is 16.0 Å². The molecule has 2 rings (SSSR count). The number of halogens is 2. The lowest BCUT2D eigenvalue weighted by atomic mass is 10.1. The molecule has 2 aromatic rings. The highest BCUT2D eigenvalue weighted by molar-refractivity contribution is 14.0. The molecule has 164 valence electrons. The molecule has 2 aromatic carbocycles. The molecule has 0 aliphatic carbocycles. The zero-order valence-corrected chi connectivity index (χ0v) is 20.7. The molecule has 0 saturated heterocycles. The van der Waals surface area contributed by atoms with Crippen LogP contribution in [0, 0.1) is 0 Å². The molecule has 0 radical (unpaired) electrons. The molecule has 1 amide bonds. The first-order valence-electron chi connectivity index (χ1n) is 9.77. The standard InChI is InChI=1S/C22H29ClN4O2.HI/c1-4-25-22(27-15-16(2)29-20-10-6-9-19(23)14-20)26-12-11-17-7-5-8-18(13-17)21(28)24-3;/h5-10,13-14,16H,4,11-12,15H2,1-3H3,(H,24,28)(H2,25,26,27);1H. The van der Waals surface area contributed by atoms with Gasteiger partial charge in [0.25, 0.3) is 5.91 Å². The van der Waals surface area contributed by atoms with Gasteiger partial charge in [0.05, 0.1) is 6.54 Å². The van der Waals surface area contributed by atoms with Gasteiger partial charge in [-0.25, -0.2) is 4.99 Å². The minimum Gasteiger partial charge on any atom is -0.489 e. The molecule has 6 nitrogen and oxygen atoms in total. The van der Waals surface area contributed by atoms with Crippen LogP contribution in [-0.2, 0) is 6.42 Å². The molecule has 0 aromatic heterocycles. The van der Waals surface area contributed by atoms with Crippen molar-refractivity contribution in [2.45, 2.75) is 26.4 Å². The number of ether oxygens (including phenoxy) is 1. The third-order valence-electron chi connectivity index (χ3n) is 4.11. The molecule has 1 atom stereocenters. The Balaban J connectivity index is 0.00000450. The second-order valence-electron chi connectivity index (χ2n) is 6.56. The van der Waals surface area contributed by atoms with Crippen LogP contribution in [0.4, 0.5) is 0 Å². The predicted molar refractivity (Wildman–Crippen MR) is 134 cm³/mol. The zero-order valence-electron chi connectivity index (χ0n) is 17.6. The summed E-state index contributed by atoms with van der Waals surface area (Å²) in [6.07, 6.45) is 0.692. The lowest BCUT2D eigenvalue weighted by Gasteiger charge is -2.15. The van der Waals surface area contributed by atoms with Crippen molar-refractivity contribution in [3.63, 3.8) is 0 Å². The number of nitrogens with zero attached hydrogens (tertiary/aromatic N) is 1. The Kier molecular flexibility index (Phi) is 12.2. The normalized spacial score (nSPS) is 11.8. The van der Waals surface area contributed by atoms with E-state index in [0.29, 0.717) is 23.7 Å². The van der Waals surface area contributed by atoms with Crippen molar-refractivity contribution in [2.24, 2.45) is 4.99 Å². The molecule has 0 heterocycles. The maximum Gasteiger partial charge on any atom is 0.251 e. The van der Waals surface area contributed by atoms with Crippen molar-refractivity contribution in [3.05, 3.63) is 64.7 Å². The molecular formula is C22H30ClIN4O2. The molecule has 1 unspecified atom stereocenters. The van der Waals surface area contributed by atoms with Crippen molar-refractivity contribution in [3.8, 4) is 5.75 Å². The summed E-state index contributed by atoms with van der Waals surface area (Å²) in [6.45, 7) is 5.97. The van der Waals surface area contributed by atoms with Crippen LogP contribution in [-0.4, -0.2) is 44.7 Å². The fourth-order valence-electron chi connectivity index (χ4n) is 2.71. The summed E-state index contributed by atoms with van der Waals surface area (Å²) >= 11 is 5.99.